The molecule has 0 bridgehead atoms. The van der Waals surface area contributed by atoms with Gasteiger partial charge in [-0.05, 0) is 95.1 Å². The van der Waals surface area contributed by atoms with Crippen molar-refractivity contribution in [3.05, 3.63) is 218 Å². The van der Waals surface area contributed by atoms with Crippen LogP contribution in [0.15, 0.2) is 227 Å². The lowest BCUT2D eigenvalue weighted by Crippen LogP contribution is -2.10. The van der Waals surface area contributed by atoms with Crippen LogP contribution < -0.4 is 9.80 Å². The molecule has 274 valence electrons. The molecule has 0 radical (unpaired) electrons. The lowest BCUT2D eigenvalue weighted by Gasteiger charge is -2.26. The van der Waals surface area contributed by atoms with Crippen LogP contribution in [0.4, 0.5) is 34.1 Å². The average Bonchev–Trinajstić information content (AvgIpc) is 3.88. The summed E-state index contributed by atoms with van der Waals surface area (Å²) in [6.07, 6.45) is 0. The Labute approximate surface area is 336 Å². The van der Waals surface area contributed by atoms with Crippen LogP contribution in [0.25, 0.3) is 66.1 Å². The second-order valence-corrected chi connectivity index (χ2v) is 14.5. The molecule has 0 saturated carbocycles. The summed E-state index contributed by atoms with van der Waals surface area (Å²) in [5.41, 5.74) is 14.2. The summed E-state index contributed by atoms with van der Waals surface area (Å²) in [5.74, 6) is 0. The summed E-state index contributed by atoms with van der Waals surface area (Å²) < 4.78 is 13.1. The van der Waals surface area contributed by atoms with Crippen LogP contribution in [0.3, 0.4) is 0 Å². The van der Waals surface area contributed by atoms with Crippen LogP contribution in [-0.2, 0) is 0 Å². The van der Waals surface area contributed by atoms with Crippen molar-refractivity contribution in [2.75, 3.05) is 9.80 Å². The SMILES string of the molecule is c1ccc(N(c2cccc(-c3ccc(-c4cccc(N(c5ccccc5)c5cccc6c5oc5ccccc56)c4)cc3)c2)c2cccc3c2oc2ccccc23)cc1. The lowest BCUT2D eigenvalue weighted by atomic mass is 9.99. The van der Waals surface area contributed by atoms with Crippen molar-refractivity contribution in [2.45, 2.75) is 0 Å². The van der Waals surface area contributed by atoms with Crippen molar-refractivity contribution in [2.24, 2.45) is 0 Å². The van der Waals surface area contributed by atoms with Crippen LogP contribution in [-0.4, -0.2) is 0 Å². The van der Waals surface area contributed by atoms with E-state index in [1.165, 1.54) is 0 Å². The molecule has 0 fully saturated rings. The Kier molecular flexibility index (Phi) is 8.11. The van der Waals surface area contributed by atoms with Gasteiger partial charge in [0, 0.05) is 44.3 Å². The van der Waals surface area contributed by atoms with Gasteiger partial charge >= 0.3 is 0 Å². The van der Waals surface area contributed by atoms with Gasteiger partial charge in [-0.3, -0.25) is 0 Å². The van der Waals surface area contributed by atoms with Crippen LogP contribution in [0.1, 0.15) is 0 Å². The van der Waals surface area contributed by atoms with Gasteiger partial charge in [0.1, 0.15) is 11.2 Å². The Bertz CT molecular complexity index is 3020. The Hall–Kier alpha value is -7.82. The molecule has 4 nitrogen and oxygen atoms in total. The Morgan fingerprint density at radius 1 is 0.259 bits per heavy atom. The van der Waals surface area contributed by atoms with E-state index in [4.69, 9.17) is 8.83 Å². The maximum Gasteiger partial charge on any atom is 0.159 e. The fourth-order valence-electron chi connectivity index (χ4n) is 8.33. The molecule has 0 saturated heterocycles. The van der Waals surface area contributed by atoms with Crippen molar-refractivity contribution >= 4 is 78.0 Å². The van der Waals surface area contributed by atoms with Gasteiger partial charge in [0.25, 0.3) is 0 Å². The Morgan fingerprint density at radius 2 is 0.621 bits per heavy atom. The first-order chi connectivity index (χ1) is 28.8. The van der Waals surface area contributed by atoms with Gasteiger partial charge in [-0.25, -0.2) is 0 Å². The minimum Gasteiger partial charge on any atom is -0.454 e. The number of hydrogen-bond acceptors (Lipinski definition) is 4. The van der Waals surface area contributed by atoms with Gasteiger partial charge in [-0.2, -0.15) is 0 Å². The number of furan rings is 2. The fourth-order valence-corrected chi connectivity index (χ4v) is 8.33. The van der Waals surface area contributed by atoms with Crippen molar-refractivity contribution in [3.63, 3.8) is 0 Å². The molecule has 58 heavy (non-hydrogen) atoms. The van der Waals surface area contributed by atoms with Crippen LogP contribution >= 0.6 is 0 Å². The van der Waals surface area contributed by atoms with Gasteiger partial charge in [0.2, 0.25) is 0 Å². The highest BCUT2D eigenvalue weighted by Crippen LogP contribution is 2.45. The van der Waals surface area contributed by atoms with E-state index in [1.54, 1.807) is 0 Å². The van der Waals surface area contributed by atoms with E-state index in [0.717, 1.165) is 100 Å². The average molecular weight is 745 g/mol. The molecule has 0 aliphatic rings. The fraction of sp³-hybridized carbons (Fsp3) is 0. The van der Waals surface area contributed by atoms with Crippen molar-refractivity contribution in [1.29, 1.82) is 0 Å². The minimum atomic E-state index is 0.865. The van der Waals surface area contributed by atoms with Gasteiger partial charge in [-0.1, -0.05) is 146 Å². The predicted molar refractivity (Wildman–Crippen MR) is 241 cm³/mol. The molecule has 0 amide bonds. The highest BCUT2D eigenvalue weighted by atomic mass is 16.3. The van der Waals surface area contributed by atoms with Crippen LogP contribution in [0, 0.1) is 0 Å². The van der Waals surface area contributed by atoms with Crippen molar-refractivity contribution < 1.29 is 8.83 Å². The monoisotopic (exact) mass is 744 g/mol. The van der Waals surface area contributed by atoms with Gasteiger partial charge < -0.3 is 18.6 Å². The molecule has 2 heterocycles. The molecular formula is C54H36N2O2. The molecule has 11 aromatic rings. The maximum atomic E-state index is 6.53. The van der Waals surface area contributed by atoms with E-state index in [-0.39, 0.29) is 0 Å². The number of hydrogen-bond donors (Lipinski definition) is 0. The standard InChI is InChI=1S/C54H36N2O2/c1-3-17-41(18-4-1)55(49-27-13-25-47-45-23-7-9-29-51(45)57-53(47)49)43-21-11-15-39(35-43)37-31-33-38(34-32-37)40-16-12-22-44(36-40)56(42-19-5-2-6-20-42)50-28-14-26-48-46-24-8-10-30-52(46)58-54(48)50/h1-36H. The van der Waals surface area contributed by atoms with E-state index in [2.05, 4.69) is 204 Å². The number of para-hydroxylation sites is 6. The van der Waals surface area contributed by atoms with Crippen LogP contribution in [0.5, 0.6) is 0 Å². The largest absolute Gasteiger partial charge is 0.454 e. The van der Waals surface area contributed by atoms with Gasteiger partial charge in [0.15, 0.2) is 11.2 Å². The number of nitrogens with zero attached hydrogens (tertiary/aromatic N) is 2. The summed E-state index contributed by atoms with van der Waals surface area (Å²) in [7, 11) is 0. The number of benzene rings is 9. The summed E-state index contributed by atoms with van der Waals surface area (Å²) in [5, 5.41) is 4.43. The first kappa shape index (κ1) is 33.5. The number of anilines is 6. The molecule has 0 N–H and O–H groups in total. The summed E-state index contributed by atoms with van der Waals surface area (Å²) in [4.78, 5) is 4.58. The highest BCUT2D eigenvalue weighted by Gasteiger charge is 2.21. The molecule has 0 spiro atoms. The molecule has 0 aliphatic heterocycles. The molecule has 0 aliphatic carbocycles. The normalized spacial score (nSPS) is 11.4. The molecule has 2 aromatic heterocycles. The van der Waals surface area contributed by atoms with Crippen molar-refractivity contribution in [3.8, 4) is 22.3 Å². The zero-order chi connectivity index (χ0) is 38.4. The second kappa shape index (κ2) is 14.0. The third-order valence-corrected chi connectivity index (χ3v) is 11.0. The molecule has 9 aromatic carbocycles. The van der Waals surface area contributed by atoms with E-state index in [9.17, 15) is 0 Å². The summed E-state index contributed by atoms with van der Waals surface area (Å²) >= 11 is 0. The zero-order valence-electron chi connectivity index (χ0n) is 31.5. The molecule has 0 unspecified atom stereocenters. The predicted octanol–water partition coefficient (Wildman–Crippen LogP) is 15.8. The Morgan fingerprint density at radius 3 is 1.07 bits per heavy atom. The van der Waals surface area contributed by atoms with Crippen LogP contribution in [0.2, 0.25) is 0 Å². The lowest BCUT2D eigenvalue weighted by molar-refractivity contribution is 0.668. The van der Waals surface area contributed by atoms with E-state index in [1.807, 2.05) is 24.3 Å². The summed E-state index contributed by atoms with van der Waals surface area (Å²) in [6, 6.07) is 76.7. The van der Waals surface area contributed by atoms with E-state index >= 15 is 0 Å². The molecule has 4 heteroatoms. The smallest absolute Gasteiger partial charge is 0.159 e. The topological polar surface area (TPSA) is 32.8 Å². The Balaban J connectivity index is 0.961. The highest BCUT2D eigenvalue weighted by molar-refractivity contribution is 6.11. The van der Waals surface area contributed by atoms with Gasteiger partial charge in [-0.15, -0.1) is 0 Å². The second-order valence-electron chi connectivity index (χ2n) is 14.5. The first-order valence-corrected chi connectivity index (χ1v) is 19.6. The maximum absolute atomic E-state index is 6.53. The molecular weight excluding hydrogens is 709 g/mol. The van der Waals surface area contributed by atoms with Crippen molar-refractivity contribution in [1.82, 2.24) is 0 Å². The molecule has 11 rings (SSSR count). The van der Waals surface area contributed by atoms with E-state index in [0.29, 0.717) is 0 Å². The minimum absolute atomic E-state index is 0.865. The van der Waals surface area contributed by atoms with E-state index < -0.39 is 0 Å². The van der Waals surface area contributed by atoms with Gasteiger partial charge in [0.05, 0.1) is 11.4 Å². The third-order valence-electron chi connectivity index (χ3n) is 11.0. The quantitative estimate of drug-likeness (QED) is 0.155. The molecule has 0 atom stereocenters. The zero-order valence-corrected chi connectivity index (χ0v) is 31.5. The number of fused-ring (bicyclic) bond motifs is 6. The first-order valence-electron chi connectivity index (χ1n) is 19.6. The summed E-state index contributed by atoms with van der Waals surface area (Å²) in [6.45, 7) is 0. The third kappa shape index (κ3) is 5.78. The number of rotatable bonds is 8.